The first-order valence-corrected chi connectivity index (χ1v) is 9.94. The zero-order chi connectivity index (χ0) is 14.1. The van der Waals surface area contributed by atoms with Crippen LogP contribution in [-0.2, 0) is 6.16 Å². The number of hydrogen-bond acceptors (Lipinski definition) is 0. The lowest BCUT2D eigenvalue weighted by atomic mass is 10.2. The zero-order valence-corrected chi connectivity index (χ0v) is 13.5. The van der Waals surface area contributed by atoms with Gasteiger partial charge in [-0.2, -0.15) is 0 Å². The molecule has 0 fully saturated rings. The fraction of sp³-hybridized carbons (Fsp3) is 0.500. The molecule has 0 aromatic heterocycles. The van der Waals surface area contributed by atoms with E-state index in [9.17, 15) is 0 Å². The molecule has 0 nitrogen and oxygen atoms in total. The summed E-state index contributed by atoms with van der Waals surface area (Å²) < 4.78 is 0. The highest BCUT2D eigenvalue weighted by atomic mass is 31.2. The van der Waals surface area contributed by atoms with Crippen LogP contribution in [0, 0.1) is 5.92 Å². The summed E-state index contributed by atoms with van der Waals surface area (Å²) in [5, 5.41) is 0. The largest absolute Gasteiger partial charge is 0.108 e. The van der Waals surface area contributed by atoms with Gasteiger partial charge in [-0.3, -0.25) is 0 Å². The molecule has 0 saturated heterocycles. The Bertz CT molecular complexity index is 403. The first-order chi connectivity index (χ1) is 9.06. The summed E-state index contributed by atoms with van der Waals surface area (Å²) in [5.74, 6) is 0.788. The van der Waals surface area contributed by atoms with Gasteiger partial charge in [-0.15, -0.1) is 19.8 Å². The van der Waals surface area contributed by atoms with E-state index in [2.05, 4.69) is 57.1 Å². The van der Waals surface area contributed by atoms with Crippen LogP contribution in [0.5, 0.6) is 0 Å². The van der Waals surface area contributed by atoms with Crippen molar-refractivity contribution in [3.63, 3.8) is 0 Å². The van der Waals surface area contributed by atoms with Gasteiger partial charge in [-0.25, -0.2) is 0 Å². The minimum Gasteiger partial charge on any atom is -0.108 e. The van der Waals surface area contributed by atoms with Gasteiger partial charge in [0, 0.05) is 0 Å². The van der Waals surface area contributed by atoms with Crippen LogP contribution in [0.2, 0.25) is 0 Å². The summed E-state index contributed by atoms with van der Waals surface area (Å²) in [6.45, 7) is 7.39. The molecule has 1 aromatic carbocycles. The lowest BCUT2D eigenvalue weighted by Crippen LogP contribution is -2.03. The molecule has 106 valence electrons. The molecule has 0 amide bonds. The number of rotatable bonds is 9. The fourth-order valence-corrected chi connectivity index (χ4v) is 5.79. The number of unbranched alkanes of at least 4 members (excludes halogenated alkanes) is 1. The molecule has 0 spiro atoms. The standard InChI is InChI=1S/C18H29P/c1-5-6-10-14-19(4,15-13-17(2)3)16-18-11-8-7-9-12-18/h5,7-9,11-12,17H,1,4,6,10,13-16H2,2-3H3. The van der Waals surface area contributed by atoms with Crippen LogP contribution in [0.15, 0.2) is 43.0 Å². The van der Waals surface area contributed by atoms with Crippen LogP contribution < -0.4 is 0 Å². The predicted molar refractivity (Wildman–Crippen MR) is 92.8 cm³/mol. The summed E-state index contributed by atoms with van der Waals surface area (Å²) in [6, 6.07) is 10.9. The Morgan fingerprint density at radius 2 is 1.84 bits per heavy atom. The van der Waals surface area contributed by atoms with E-state index in [0.717, 1.165) is 12.3 Å². The van der Waals surface area contributed by atoms with Gasteiger partial charge in [0.1, 0.15) is 0 Å². The second-order valence-electron chi connectivity index (χ2n) is 6.05. The molecule has 0 saturated carbocycles. The van der Waals surface area contributed by atoms with Crippen molar-refractivity contribution in [3.8, 4) is 0 Å². The molecular formula is C18H29P. The molecule has 1 rings (SSSR count). The van der Waals surface area contributed by atoms with Crippen molar-refractivity contribution in [1.82, 2.24) is 0 Å². The van der Waals surface area contributed by atoms with Gasteiger partial charge in [-0.1, -0.05) is 50.3 Å². The molecule has 0 aliphatic carbocycles. The van der Waals surface area contributed by atoms with E-state index in [0.29, 0.717) is 0 Å². The van der Waals surface area contributed by atoms with E-state index >= 15 is 0 Å². The van der Waals surface area contributed by atoms with Gasteiger partial charge in [0.15, 0.2) is 0 Å². The lowest BCUT2D eigenvalue weighted by molar-refractivity contribution is 0.628. The van der Waals surface area contributed by atoms with Crippen LogP contribution in [0.1, 0.15) is 38.7 Å². The highest BCUT2D eigenvalue weighted by molar-refractivity contribution is 7.73. The molecule has 19 heavy (non-hydrogen) atoms. The summed E-state index contributed by atoms with van der Waals surface area (Å²) in [5.41, 5.74) is 1.47. The van der Waals surface area contributed by atoms with Crippen LogP contribution >= 0.6 is 6.89 Å². The van der Waals surface area contributed by atoms with Crippen LogP contribution in [0.3, 0.4) is 0 Å². The van der Waals surface area contributed by atoms with Gasteiger partial charge in [-0.05, 0) is 49.2 Å². The normalized spacial score (nSPS) is 14.3. The van der Waals surface area contributed by atoms with Crippen molar-refractivity contribution >= 4 is 13.2 Å². The van der Waals surface area contributed by atoms with Crippen LogP contribution in [-0.4, -0.2) is 18.6 Å². The average molecular weight is 276 g/mol. The molecular weight excluding hydrogens is 247 g/mol. The minimum absolute atomic E-state index is 0.788. The van der Waals surface area contributed by atoms with E-state index in [4.69, 9.17) is 0 Å². The van der Waals surface area contributed by atoms with Crippen molar-refractivity contribution in [2.45, 2.75) is 39.3 Å². The Kier molecular flexibility index (Phi) is 7.24. The van der Waals surface area contributed by atoms with Crippen molar-refractivity contribution in [1.29, 1.82) is 0 Å². The second-order valence-corrected chi connectivity index (χ2v) is 9.94. The Labute approximate surface area is 119 Å². The van der Waals surface area contributed by atoms with Gasteiger partial charge in [0.25, 0.3) is 0 Å². The van der Waals surface area contributed by atoms with Gasteiger partial charge < -0.3 is 0 Å². The highest BCUT2D eigenvalue weighted by Crippen LogP contribution is 2.50. The molecule has 0 radical (unpaired) electrons. The Morgan fingerprint density at radius 3 is 2.42 bits per heavy atom. The predicted octanol–water partition coefficient (Wildman–Crippen LogP) is 5.65. The summed E-state index contributed by atoms with van der Waals surface area (Å²) in [4.78, 5) is 0. The number of allylic oxidation sites excluding steroid dienone is 1. The maximum Gasteiger partial charge on any atom is -0.00794 e. The minimum atomic E-state index is -1.07. The van der Waals surface area contributed by atoms with E-state index < -0.39 is 6.89 Å². The maximum atomic E-state index is 4.69. The average Bonchev–Trinajstić information content (AvgIpc) is 2.38. The van der Waals surface area contributed by atoms with Gasteiger partial charge in [0.2, 0.25) is 0 Å². The SMILES string of the molecule is C=CCCCP(=C)(CCC(C)C)Cc1ccccc1. The summed E-state index contributed by atoms with van der Waals surface area (Å²) >= 11 is 0. The van der Waals surface area contributed by atoms with Gasteiger partial charge in [0.05, 0.1) is 0 Å². The molecule has 1 heteroatoms. The van der Waals surface area contributed by atoms with Gasteiger partial charge >= 0.3 is 0 Å². The molecule has 0 aliphatic heterocycles. The third-order valence-corrected chi connectivity index (χ3v) is 7.09. The van der Waals surface area contributed by atoms with Crippen molar-refractivity contribution in [2.75, 3.05) is 12.3 Å². The fourth-order valence-electron chi connectivity index (χ4n) is 2.34. The quantitative estimate of drug-likeness (QED) is 0.310. The molecule has 0 bridgehead atoms. The number of hydrogen-bond donors (Lipinski definition) is 0. The molecule has 1 atom stereocenters. The first-order valence-electron chi connectivity index (χ1n) is 7.41. The Balaban J connectivity index is 2.67. The van der Waals surface area contributed by atoms with Crippen molar-refractivity contribution < 1.29 is 0 Å². The monoisotopic (exact) mass is 276 g/mol. The molecule has 0 aliphatic rings. The highest BCUT2D eigenvalue weighted by Gasteiger charge is 2.15. The van der Waals surface area contributed by atoms with Crippen LogP contribution in [0.25, 0.3) is 0 Å². The second kappa shape index (κ2) is 8.43. The Morgan fingerprint density at radius 1 is 1.16 bits per heavy atom. The van der Waals surface area contributed by atoms with Crippen molar-refractivity contribution in [3.05, 3.63) is 48.6 Å². The maximum absolute atomic E-state index is 4.69. The van der Waals surface area contributed by atoms with Crippen molar-refractivity contribution in [2.24, 2.45) is 5.92 Å². The number of benzene rings is 1. The first kappa shape index (κ1) is 16.3. The zero-order valence-electron chi connectivity index (χ0n) is 12.6. The Hall–Kier alpha value is -0.740. The van der Waals surface area contributed by atoms with E-state index in [1.54, 1.807) is 0 Å². The molecule has 0 heterocycles. The summed E-state index contributed by atoms with van der Waals surface area (Å²) in [7, 11) is 0. The third-order valence-electron chi connectivity index (χ3n) is 3.58. The van der Waals surface area contributed by atoms with E-state index in [1.807, 2.05) is 6.08 Å². The molecule has 1 unspecified atom stereocenters. The van der Waals surface area contributed by atoms with E-state index in [-0.39, 0.29) is 0 Å². The lowest BCUT2D eigenvalue weighted by Gasteiger charge is -2.25. The third kappa shape index (κ3) is 6.83. The summed E-state index contributed by atoms with van der Waals surface area (Å²) in [6.07, 6.45) is 14.3. The topological polar surface area (TPSA) is 0 Å². The molecule has 0 N–H and O–H groups in total. The van der Waals surface area contributed by atoms with Crippen LogP contribution in [0.4, 0.5) is 0 Å². The smallest absolute Gasteiger partial charge is 0.00794 e. The van der Waals surface area contributed by atoms with E-state index in [1.165, 1.54) is 36.9 Å². The molecule has 1 aromatic rings.